The van der Waals surface area contributed by atoms with Crippen LogP contribution in [0.3, 0.4) is 0 Å². The smallest absolute Gasteiger partial charge is 0.329 e. The predicted octanol–water partition coefficient (Wildman–Crippen LogP) is 6.68. The van der Waals surface area contributed by atoms with Gasteiger partial charge in [-0.2, -0.15) is 20.5 Å². The van der Waals surface area contributed by atoms with Gasteiger partial charge in [-0.25, -0.2) is 22.9 Å². The van der Waals surface area contributed by atoms with Crippen LogP contribution in [-0.2, 0) is 6.42 Å². The van der Waals surface area contributed by atoms with Gasteiger partial charge >= 0.3 is 12.0 Å². The van der Waals surface area contributed by atoms with Crippen molar-refractivity contribution in [2.45, 2.75) is 62.8 Å². The van der Waals surface area contributed by atoms with E-state index in [0.29, 0.717) is 37.4 Å². The number of alkyl halides is 1. The van der Waals surface area contributed by atoms with Gasteiger partial charge in [0.15, 0.2) is 5.82 Å². The number of halogens is 4. The van der Waals surface area contributed by atoms with Crippen molar-refractivity contribution in [1.82, 2.24) is 29.3 Å². The number of hydrogen-bond acceptors (Lipinski definition) is 11. The minimum Gasteiger partial charge on any atom is -0.461 e. The summed E-state index contributed by atoms with van der Waals surface area (Å²) in [5, 5.41) is 19.4. The van der Waals surface area contributed by atoms with E-state index in [9.17, 15) is 18.8 Å². The summed E-state index contributed by atoms with van der Waals surface area (Å²) in [6.45, 7) is 3.49. The summed E-state index contributed by atoms with van der Waals surface area (Å²) in [4.78, 5) is 32.7. The monoisotopic (exact) mass is 774 g/mol. The second kappa shape index (κ2) is 13.6. The van der Waals surface area contributed by atoms with E-state index in [2.05, 4.69) is 14.9 Å². The lowest BCUT2D eigenvalue weighted by molar-refractivity contribution is 0.107. The highest BCUT2D eigenvalue weighted by Gasteiger charge is 2.49. The maximum atomic E-state index is 17.2. The lowest BCUT2D eigenvalue weighted by atomic mass is 9.95. The van der Waals surface area contributed by atoms with Crippen LogP contribution in [0.25, 0.3) is 32.1 Å². The van der Waals surface area contributed by atoms with Crippen LogP contribution < -0.4 is 15.4 Å². The van der Waals surface area contributed by atoms with Gasteiger partial charge in [-0.3, -0.25) is 9.47 Å². The Bertz CT molecular complexity index is 2430. The number of carbonyl (C=O) groups excluding carboxylic acids is 1. The third-order valence-corrected chi connectivity index (χ3v) is 12.5. The molecular weight excluding hydrogens is 741 g/mol. The van der Waals surface area contributed by atoms with Crippen LogP contribution in [0.2, 0.25) is 5.02 Å². The molecule has 8 rings (SSSR count). The quantitative estimate of drug-likeness (QED) is 0.190. The molecule has 3 saturated heterocycles. The van der Waals surface area contributed by atoms with E-state index in [1.54, 1.807) is 18.1 Å². The molecule has 0 saturated carbocycles. The number of likely N-dealkylation sites (tertiary alicyclic amines) is 1. The third kappa shape index (κ3) is 5.75. The van der Waals surface area contributed by atoms with Crippen molar-refractivity contribution in [3.8, 4) is 29.3 Å². The van der Waals surface area contributed by atoms with Gasteiger partial charge in [-0.1, -0.05) is 17.7 Å². The molecule has 0 bridgehead atoms. The first-order valence-electron chi connectivity index (χ1n) is 17.5. The number of carbonyl (C=O) groups is 1. The van der Waals surface area contributed by atoms with Gasteiger partial charge in [-0.15, -0.1) is 11.3 Å². The van der Waals surface area contributed by atoms with Crippen LogP contribution in [-0.4, -0.2) is 92.4 Å². The number of likely N-dealkylation sites (N-methyl/N-ethyl adjacent to an activating group) is 1. The lowest BCUT2D eigenvalue weighted by Crippen LogP contribution is -2.45. The number of imidazole rings is 1. The molecule has 2 aromatic carbocycles. The number of benzene rings is 2. The lowest BCUT2D eigenvalue weighted by Gasteiger charge is -2.33. The molecule has 0 unspecified atom stereocenters. The SMILES string of the molecule is C[C@@H]1[C@H](N(C)c2nc(OC[C@@]34CCCN3C[C@H](F)C4)nc3c(F)c(-c4ccc(F)c5sc(N)c(C#N)c45)c(Cl)cc23)CCN1C(=O)n1cnc(CC#N)c1. The zero-order valence-electron chi connectivity index (χ0n) is 29.3. The minimum atomic E-state index is -0.984. The molecule has 3 aliphatic heterocycles. The Kier molecular flexibility index (Phi) is 9.03. The van der Waals surface area contributed by atoms with Crippen molar-refractivity contribution in [3.05, 3.63) is 58.6 Å². The summed E-state index contributed by atoms with van der Waals surface area (Å²) in [6, 6.07) is 7.07. The summed E-state index contributed by atoms with van der Waals surface area (Å²) in [7, 11) is 1.79. The average molecular weight is 775 g/mol. The molecule has 54 heavy (non-hydrogen) atoms. The van der Waals surface area contributed by atoms with Gasteiger partial charge in [-0.05, 0) is 50.4 Å². The summed E-state index contributed by atoms with van der Waals surface area (Å²) in [6.07, 6.45) is 4.52. The van der Waals surface area contributed by atoms with Crippen molar-refractivity contribution < 1.29 is 22.7 Å². The number of amides is 1. The standard InChI is InChI=1S/C37H34ClF3N10O2S/c1-19-27(7-11-51(19)36(52)49-16-21(6-9-42)45-18-49)48(2)34-23-12-25(38)29(22-4-5-26(40)32-28(22)24(14-43)33(44)54-32)30(41)31(23)46-35(47-34)53-17-37-8-3-10-50(37)15-20(39)13-37/h4-5,12,16,18-20,27H,3,6-8,10-11,13,15,17,44H2,1-2H3/t19-,20-,27-,37+/m1/s1. The Morgan fingerprint density at radius 2 is 2.07 bits per heavy atom. The highest BCUT2D eigenvalue weighted by Crippen LogP contribution is 2.46. The van der Waals surface area contributed by atoms with Crippen LogP contribution >= 0.6 is 22.9 Å². The topological polar surface area (TPSA) is 153 Å². The van der Waals surface area contributed by atoms with Crippen molar-refractivity contribution in [3.63, 3.8) is 0 Å². The maximum Gasteiger partial charge on any atom is 0.329 e. The molecule has 3 aromatic heterocycles. The number of hydrogen-bond donors (Lipinski definition) is 1. The first-order chi connectivity index (χ1) is 25.9. The van der Waals surface area contributed by atoms with Gasteiger partial charge < -0.3 is 20.3 Å². The Labute approximate surface area is 317 Å². The minimum absolute atomic E-state index is 0.0154. The number of rotatable bonds is 7. The van der Waals surface area contributed by atoms with Gasteiger partial charge in [0.05, 0.1) is 51.1 Å². The van der Waals surface area contributed by atoms with E-state index in [1.807, 2.05) is 24.0 Å². The molecule has 0 radical (unpaired) electrons. The molecule has 5 aromatic rings. The Balaban J connectivity index is 1.22. The predicted molar refractivity (Wildman–Crippen MR) is 198 cm³/mol. The molecule has 4 atom stereocenters. The van der Waals surface area contributed by atoms with Gasteiger partial charge in [0.25, 0.3) is 0 Å². The van der Waals surface area contributed by atoms with Crippen LogP contribution in [0, 0.1) is 34.3 Å². The Hall–Kier alpha value is -5.16. The molecular formula is C37H34ClF3N10O2S. The second-order valence-corrected chi connectivity index (χ2v) is 15.6. The number of nitriles is 2. The fraction of sp³-hybridized carbons (Fsp3) is 0.405. The molecule has 278 valence electrons. The van der Waals surface area contributed by atoms with Crippen molar-refractivity contribution in [2.24, 2.45) is 0 Å². The molecule has 17 heteroatoms. The van der Waals surface area contributed by atoms with E-state index in [0.717, 1.165) is 30.7 Å². The van der Waals surface area contributed by atoms with E-state index < -0.39 is 23.3 Å². The van der Waals surface area contributed by atoms with Crippen LogP contribution in [0.15, 0.2) is 30.7 Å². The van der Waals surface area contributed by atoms with E-state index >= 15 is 4.39 Å². The van der Waals surface area contributed by atoms with Crippen molar-refractivity contribution in [1.29, 1.82) is 10.5 Å². The third-order valence-electron chi connectivity index (χ3n) is 11.2. The number of thiophene rings is 1. The number of aromatic nitrogens is 4. The number of ether oxygens (including phenoxy) is 1. The van der Waals surface area contributed by atoms with Crippen LogP contribution in [0.5, 0.6) is 6.01 Å². The molecule has 6 heterocycles. The highest BCUT2D eigenvalue weighted by molar-refractivity contribution is 7.23. The van der Waals surface area contributed by atoms with Gasteiger partial charge in [0, 0.05) is 49.1 Å². The molecule has 3 fully saturated rings. The first-order valence-corrected chi connectivity index (χ1v) is 18.7. The summed E-state index contributed by atoms with van der Waals surface area (Å²) < 4.78 is 54.5. The molecule has 0 aliphatic carbocycles. The number of nitrogens with two attached hydrogens (primary N) is 1. The molecule has 3 aliphatic rings. The number of nitrogens with zero attached hydrogens (tertiary/aromatic N) is 9. The van der Waals surface area contributed by atoms with E-state index in [1.165, 1.54) is 29.1 Å². The summed E-state index contributed by atoms with van der Waals surface area (Å²) >= 11 is 7.79. The largest absolute Gasteiger partial charge is 0.461 e. The zero-order chi connectivity index (χ0) is 38.1. The van der Waals surface area contributed by atoms with Crippen molar-refractivity contribution in [2.75, 3.05) is 43.9 Å². The summed E-state index contributed by atoms with van der Waals surface area (Å²) in [5.74, 6) is -1.15. The number of fused-ring (bicyclic) bond motifs is 3. The maximum absolute atomic E-state index is 17.2. The van der Waals surface area contributed by atoms with E-state index in [-0.39, 0.29) is 84.9 Å². The highest BCUT2D eigenvalue weighted by atomic mass is 35.5. The Morgan fingerprint density at radius 3 is 2.85 bits per heavy atom. The van der Waals surface area contributed by atoms with E-state index in [4.69, 9.17) is 32.3 Å². The van der Waals surface area contributed by atoms with Gasteiger partial charge in [0.1, 0.15) is 47.3 Å². The zero-order valence-corrected chi connectivity index (χ0v) is 30.9. The molecule has 1 amide bonds. The fourth-order valence-corrected chi connectivity index (χ4v) is 9.80. The molecule has 2 N–H and O–H groups in total. The summed E-state index contributed by atoms with van der Waals surface area (Å²) in [5.41, 5.74) is 6.01. The van der Waals surface area contributed by atoms with Crippen molar-refractivity contribution >= 4 is 60.8 Å². The number of anilines is 2. The Morgan fingerprint density at radius 1 is 1.26 bits per heavy atom. The second-order valence-electron chi connectivity index (χ2n) is 14.2. The van der Waals surface area contributed by atoms with Crippen LogP contribution in [0.4, 0.5) is 28.8 Å². The number of nitrogen functional groups attached to an aromatic ring is 1. The molecule has 12 nitrogen and oxygen atoms in total. The van der Waals surface area contributed by atoms with Crippen LogP contribution in [0.1, 0.15) is 43.9 Å². The normalized spacial score (nSPS) is 22.5. The average Bonchev–Trinajstić information content (AvgIpc) is 3.97. The fourth-order valence-electron chi connectivity index (χ4n) is 8.55. The van der Waals surface area contributed by atoms with Gasteiger partial charge in [0.2, 0.25) is 0 Å². The first kappa shape index (κ1) is 35.8. The molecule has 0 spiro atoms.